The van der Waals surface area contributed by atoms with Crippen molar-refractivity contribution in [2.45, 2.75) is 19.9 Å². The van der Waals surface area contributed by atoms with Crippen molar-refractivity contribution < 1.29 is 13.6 Å². The second kappa shape index (κ2) is 7.04. The van der Waals surface area contributed by atoms with Crippen molar-refractivity contribution in [1.29, 1.82) is 0 Å². The van der Waals surface area contributed by atoms with Gasteiger partial charge in [-0.05, 0) is 24.8 Å². The van der Waals surface area contributed by atoms with Gasteiger partial charge in [-0.3, -0.25) is 9.69 Å². The highest BCUT2D eigenvalue weighted by Gasteiger charge is 2.41. The number of carbonyl (C=O) groups excluding carboxylic acids is 1. The molecule has 1 aromatic carbocycles. The Kier molecular flexibility index (Phi) is 4.75. The lowest BCUT2D eigenvalue weighted by Gasteiger charge is -2.21. The van der Waals surface area contributed by atoms with Gasteiger partial charge in [0, 0.05) is 43.7 Å². The summed E-state index contributed by atoms with van der Waals surface area (Å²) in [5, 5.41) is 3.19. The van der Waals surface area contributed by atoms with Gasteiger partial charge >= 0.3 is 0 Å². The van der Waals surface area contributed by atoms with Gasteiger partial charge in [0.05, 0.1) is 17.1 Å². The second-order valence-electron chi connectivity index (χ2n) is 7.26. The summed E-state index contributed by atoms with van der Waals surface area (Å²) in [6.07, 6.45) is -0.0785. The van der Waals surface area contributed by atoms with E-state index in [-0.39, 0.29) is 17.9 Å². The van der Waals surface area contributed by atoms with Crippen LogP contribution in [0.4, 0.5) is 8.78 Å². The van der Waals surface area contributed by atoms with Crippen LogP contribution < -0.4 is 0 Å². The fourth-order valence-corrected chi connectivity index (χ4v) is 4.70. The molecule has 1 amide bonds. The molecule has 0 N–H and O–H groups in total. The first kappa shape index (κ1) is 17.5. The summed E-state index contributed by atoms with van der Waals surface area (Å²) in [5.74, 6) is -1.02. The zero-order valence-corrected chi connectivity index (χ0v) is 15.4. The third-order valence-corrected chi connectivity index (χ3v) is 6.16. The van der Waals surface area contributed by atoms with Crippen molar-refractivity contribution >= 4 is 17.2 Å². The number of hydrogen-bond acceptors (Lipinski definition) is 4. The summed E-state index contributed by atoms with van der Waals surface area (Å²) in [6.45, 7) is 6.19. The van der Waals surface area contributed by atoms with Crippen molar-refractivity contribution in [2.24, 2.45) is 11.8 Å². The van der Waals surface area contributed by atoms with Crippen molar-refractivity contribution in [1.82, 2.24) is 14.8 Å². The SMILES string of the molecule is Cc1nc(CN2C[C@@H]3CN(C(=O)Cc4cccc(F)c4F)C[C@H]3C2)cs1. The maximum atomic E-state index is 13.8. The minimum Gasteiger partial charge on any atom is -0.342 e. The van der Waals surface area contributed by atoms with Crippen molar-refractivity contribution in [3.05, 3.63) is 51.5 Å². The molecule has 26 heavy (non-hydrogen) atoms. The van der Waals surface area contributed by atoms with E-state index in [4.69, 9.17) is 0 Å². The minimum absolute atomic E-state index is 0.0785. The summed E-state index contributed by atoms with van der Waals surface area (Å²) in [7, 11) is 0. The van der Waals surface area contributed by atoms with E-state index in [1.807, 2.05) is 11.8 Å². The molecular formula is C19H21F2N3OS. The molecule has 2 aliphatic rings. The Labute approximate surface area is 155 Å². The number of carbonyl (C=O) groups is 1. The quantitative estimate of drug-likeness (QED) is 0.822. The van der Waals surface area contributed by atoms with E-state index in [0.717, 1.165) is 36.4 Å². The molecule has 2 atom stereocenters. The standard InChI is InChI=1S/C19H21F2N3OS/c1-12-22-16(11-26-12)10-23-6-14-8-24(9-15(14)7-23)18(25)5-13-3-2-4-17(20)19(13)21/h2-4,11,14-15H,5-10H2,1H3/t14-,15-/m1/s1. The van der Waals surface area contributed by atoms with Crippen LogP contribution in [0.2, 0.25) is 0 Å². The number of benzene rings is 1. The van der Waals surface area contributed by atoms with Gasteiger partial charge in [-0.2, -0.15) is 0 Å². The largest absolute Gasteiger partial charge is 0.342 e. The normalized spacial score (nSPS) is 22.8. The van der Waals surface area contributed by atoms with Crippen LogP contribution in [0.15, 0.2) is 23.6 Å². The van der Waals surface area contributed by atoms with Crippen LogP contribution in [0, 0.1) is 30.4 Å². The van der Waals surface area contributed by atoms with E-state index in [0.29, 0.717) is 24.9 Å². The molecule has 0 aliphatic carbocycles. The van der Waals surface area contributed by atoms with E-state index >= 15 is 0 Å². The Morgan fingerprint density at radius 3 is 2.62 bits per heavy atom. The molecule has 0 spiro atoms. The second-order valence-corrected chi connectivity index (χ2v) is 8.32. The van der Waals surface area contributed by atoms with Gasteiger partial charge < -0.3 is 4.90 Å². The first-order chi connectivity index (χ1) is 12.5. The van der Waals surface area contributed by atoms with Gasteiger partial charge in [0.15, 0.2) is 11.6 Å². The van der Waals surface area contributed by atoms with Gasteiger partial charge in [0.1, 0.15) is 0 Å². The maximum Gasteiger partial charge on any atom is 0.227 e. The van der Waals surface area contributed by atoms with Gasteiger partial charge in [0.2, 0.25) is 5.91 Å². The molecule has 0 unspecified atom stereocenters. The highest BCUT2D eigenvalue weighted by molar-refractivity contribution is 7.09. The number of fused-ring (bicyclic) bond motifs is 1. The highest BCUT2D eigenvalue weighted by Crippen LogP contribution is 2.32. The fraction of sp³-hybridized carbons (Fsp3) is 0.474. The minimum atomic E-state index is -0.912. The molecule has 138 valence electrons. The molecule has 2 aromatic rings. The monoisotopic (exact) mass is 377 g/mol. The Balaban J connectivity index is 1.32. The Morgan fingerprint density at radius 2 is 1.96 bits per heavy atom. The van der Waals surface area contributed by atoms with Crippen LogP contribution in [0.3, 0.4) is 0 Å². The Morgan fingerprint density at radius 1 is 1.23 bits per heavy atom. The van der Waals surface area contributed by atoms with Crippen LogP contribution in [-0.2, 0) is 17.8 Å². The Bertz CT molecular complexity index is 811. The molecule has 1 aromatic heterocycles. The topological polar surface area (TPSA) is 36.4 Å². The molecule has 4 nitrogen and oxygen atoms in total. The molecule has 0 bridgehead atoms. The summed E-state index contributed by atoms with van der Waals surface area (Å²) >= 11 is 1.67. The highest BCUT2D eigenvalue weighted by atomic mass is 32.1. The fourth-order valence-electron chi connectivity index (χ4n) is 4.09. The lowest BCUT2D eigenvalue weighted by molar-refractivity contribution is -0.129. The summed E-state index contributed by atoms with van der Waals surface area (Å²) < 4.78 is 27.1. The molecule has 2 aliphatic heterocycles. The zero-order valence-electron chi connectivity index (χ0n) is 14.6. The molecule has 0 radical (unpaired) electrons. The number of halogens is 2. The summed E-state index contributed by atoms with van der Waals surface area (Å²) in [6, 6.07) is 3.99. The maximum absolute atomic E-state index is 13.8. The van der Waals surface area contributed by atoms with E-state index in [9.17, 15) is 13.6 Å². The smallest absolute Gasteiger partial charge is 0.227 e. The van der Waals surface area contributed by atoms with Crippen LogP contribution in [0.5, 0.6) is 0 Å². The van der Waals surface area contributed by atoms with Crippen molar-refractivity contribution in [3.8, 4) is 0 Å². The number of likely N-dealkylation sites (tertiary alicyclic amines) is 2. The molecular weight excluding hydrogens is 356 g/mol. The van der Waals surface area contributed by atoms with Gasteiger partial charge in [-0.15, -0.1) is 11.3 Å². The number of rotatable bonds is 4. The first-order valence-corrected chi connectivity index (χ1v) is 9.71. The number of thiazole rings is 1. The van der Waals surface area contributed by atoms with E-state index < -0.39 is 11.6 Å². The van der Waals surface area contributed by atoms with Crippen LogP contribution >= 0.6 is 11.3 Å². The average molecular weight is 377 g/mol. The van der Waals surface area contributed by atoms with Crippen molar-refractivity contribution in [3.63, 3.8) is 0 Å². The number of aryl methyl sites for hydroxylation is 1. The van der Waals surface area contributed by atoms with E-state index in [1.54, 1.807) is 11.3 Å². The van der Waals surface area contributed by atoms with Crippen LogP contribution in [-0.4, -0.2) is 46.9 Å². The Hall–Kier alpha value is -1.86. The molecule has 4 rings (SSSR count). The third-order valence-electron chi connectivity index (χ3n) is 5.34. The van der Waals surface area contributed by atoms with Crippen LogP contribution in [0.25, 0.3) is 0 Å². The molecule has 3 heterocycles. The zero-order chi connectivity index (χ0) is 18.3. The summed E-state index contributed by atoms with van der Waals surface area (Å²) in [4.78, 5) is 21.2. The number of amides is 1. The molecule has 2 saturated heterocycles. The number of aromatic nitrogens is 1. The van der Waals surface area contributed by atoms with Crippen LogP contribution in [0.1, 0.15) is 16.3 Å². The van der Waals surface area contributed by atoms with Crippen molar-refractivity contribution in [2.75, 3.05) is 26.2 Å². The van der Waals surface area contributed by atoms with E-state index in [1.165, 1.54) is 12.1 Å². The molecule has 7 heteroatoms. The average Bonchev–Trinajstić information content (AvgIpc) is 3.27. The number of hydrogen-bond donors (Lipinski definition) is 0. The lowest BCUT2D eigenvalue weighted by atomic mass is 10.0. The predicted molar refractivity (Wildman–Crippen MR) is 95.8 cm³/mol. The summed E-state index contributed by atoms with van der Waals surface area (Å²) in [5.41, 5.74) is 1.24. The predicted octanol–water partition coefficient (Wildman–Crippen LogP) is 2.86. The van der Waals surface area contributed by atoms with Gasteiger partial charge in [-0.25, -0.2) is 13.8 Å². The molecule has 2 fully saturated rings. The lowest BCUT2D eigenvalue weighted by Crippen LogP contribution is -2.34. The first-order valence-electron chi connectivity index (χ1n) is 8.83. The van der Waals surface area contributed by atoms with Gasteiger partial charge in [0.25, 0.3) is 0 Å². The molecule has 0 saturated carbocycles. The third kappa shape index (κ3) is 3.50. The van der Waals surface area contributed by atoms with Gasteiger partial charge in [-0.1, -0.05) is 12.1 Å². The van der Waals surface area contributed by atoms with E-state index in [2.05, 4.69) is 15.3 Å². The number of nitrogens with zero attached hydrogens (tertiary/aromatic N) is 3.